The molecule has 0 atom stereocenters. The van der Waals surface area contributed by atoms with E-state index in [2.05, 4.69) is 15.3 Å². The van der Waals surface area contributed by atoms with Crippen LogP contribution in [0.4, 0.5) is 20.2 Å². The van der Waals surface area contributed by atoms with Crippen LogP contribution in [0, 0.1) is 25.5 Å². The monoisotopic (exact) mass is 416 g/mol. The van der Waals surface area contributed by atoms with Crippen LogP contribution in [0.3, 0.4) is 0 Å². The first kappa shape index (κ1) is 19.0. The van der Waals surface area contributed by atoms with E-state index in [-0.39, 0.29) is 5.82 Å². The summed E-state index contributed by atoms with van der Waals surface area (Å²) in [5.74, 6) is 0.585. The van der Waals surface area contributed by atoms with Gasteiger partial charge in [-0.2, -0.15) is 0 Å². The predicted molar refractivity (Wildman–Crippen MR) is 115 cm³/mol. The van der Waals surface area contributed by atoms with Crippen molar-refractivity contribution in [3.05, 3.63) is 90.2 Å². The van der Waals surface area contributed by atoms with Gasteiger partial charge in [-0.25, -0.2) is 18.7 Å². The third-order valence-electron chi connectivity index (χ3n) is 5.05. The lowest BCUT2D eigenvalue weighted by Crippen LogP contribution is -1.96. The Morgan fingerprint density at radius 1 is 0.935 bits per heavy atom. The van der Waals surface area contributed by atoms with Gasteiger partial charge in [0.1, 0.15) is 11.6 Å². The fourth-order valence-corrected chi connectivity index (χ4v) is 3.57. The van der Waals surface area contributed by atoms with Crippen LogP contribution >= 0.6 is 0 Å². The number of hydrogen-bond donors (Lipinski definition) is 1. The van der Waals surface area contributed by atoms with Gasteiger partial charge < -0.3 is 14.1 Å². The number of aryl methyl sites for hydroxylation is 2. The number of oxazole rings is 1. The van der Waals surface area contributed by atoms with Crippen LogP contribution in [0.15, 0.2) is 71.5 Å². The van der Waals surface area contributed by atoms with E-state index in [1.165, 1.54) is 24.4 Å². The zero-order valence-electron chi connectivity index (χ0n) is 16.9. The number of hydrogen-bond acceptors (Lipinski definition) is 4. The van der Waals surface area contributed by atoms with Gasteiger partial charge in [0.25, 0.3) is 0 Å². The summed E-state index contributed by atoms with van der Waals surface area (Å²) in [6, 6.07) is 13.5. The summed E-state index contributed by atoms with van der Waals surface area (Å²) in [4.78, 5) is 8.78. The maximum atomic E-state index is 14.3. The Labute approximate surface area is 177 Å². The number of pyridine rings is 1. The van der Waals surface area contributed by atoms with E-state index < -0.39 is 5.82 Å². The summed E-state index contributed by atoms with van der Waals surface area (Å²) in [5.41, 5.74) is 4.95. The number of nitrogens with one attached hydrogen (secondary N) is 1. The number of anilines is 2. The van der Waals surface area contributed by atoms with Crippen molar-refractivity contribution >= 4 is 17.0 Å². The van der Waals surface area contributed by atoms with Gasteiger partial charge in [0.2, 0.25) is 0 Å². The molecule has 1 N–H and O–H groups in total. The molecular weight excluding hydrogens is 398 g/mol. The van der Waals surface area contributed by atoms with Crippen LogP contribution in [0.2, 0.25) is 0 Å². The first-order chi connectivity index (χ1) is 15.0. The second-order valence-corrected chi connectivity index (χ2v) is 7.33. The third kappa shape index (κ3) is 3.66. The van der Waals surface area contributed by atoms with E-state index in [9.17, 15) is 8.78 Å². The van der Waals surface area contributed by atoms with E-state index >= 15 is 0 Å². The molecule has 0 spiro atoms. The van der Waals surface area contributed by atoms with Crippen molar-refractivity contribution in [3.8, 4) is 22.6 Å². The quantitative estimate of drug-likeness (QED) is 0.374. The standard InChI is InChI=1S/C24H18F2N4O/c1-14-9-17(25)5-8-20(14)22-13-30-12-18(26)10-21(24(30)29-22)28-19-6-3-16(4-7-19)23-11-27-15(2)31-23/h3-13,28H,1-2H3. The van der Waals surface area contributed by atoms with Crippen molar-refractivity contribution in [2.24, 2.45) is 0 Å². The van der Waals surface area contributed by atoms with Crippen LogP contribution < -0.4 is 5.32 Å². The number of aromatic nitrogens is 3. The van der Waals surface area contributed by atoms with Gasteiger partial charge in [-0.3, -0.25) is 0 Å². The van der Waals surface area contributed by atoms with Crippen molar-refractivity contribution in [2.75, 3.05) is 5.32 Å². The highest BCUT2D eigenvalue weighted by Gasteiger charge is 2.13. The Balaban J connectivity index is 1.50. The summed E-state index contributed by atoms with van der Waals surface area (Å²) < 4.78 is 34.9. The number of nitrogens with zero attached hydrogens (tertiary/aromatic N) is 3. The highest BCUT2D eigenvalue weighted by atomic mass is 19.1. The molecule has 7 heteroatoms. The SMILES string of the molecule is Cc1ncc(-c2ccc(Nc3cc(F)cn4cc(-c5ccc(F)cc5C)nc34)cc2)o1. The van der Waals surface area contributed by atoms with E-state index in [0.29, 0.717) is 28.7 Å². The second-order valence-electron chi connectivity index (χ2n) is 7.33. The van der Waals surface area contributed by atoms with Gasteiger partial charge in [-0.05, 0) is 55.0 Å². The Kier molecular flexibility index (Phi) is 4.51. The van der Waals surface area contributed by atoms with E-state index in [4.69, 9.17) is 4.42 Å². The van der Waals surface area contributed by atoms with Crippen molar-refractivity contribution in [2.45, 2.75) is 13.8 Å². The summed E-state index contributed by atoms with van der Waals surface area (Å²) >= 11 is 0. The number of benzene rings is 2. The van der Waals surface area contributed by atoms with Crippen LogP contribution in [0.1, 0.15) is 11.5 Å². The van der Waals surface area contributed by atoms with E-state index in [1.807, 2.05) is 31.2 Å². The van der Waals surface area contributed by atoms with Crippen molar-refractivity contribution in [1.82, 2.24) is 14.4 Å². The molecule has 2 aromatic carbocycles. The molecule has 3 heterocycles. The number of fused-ring (bicyclic) bond motifs is 1. The minimum atomic E-state index is -0.400. The van der Waals surface area contributed by atoms with Gasteiger partial charge in [-0.15, -0.1) is 0 Å². The molecule has 5 nitrogen and oxygen atoms in total. The van der Waals surface area contributed by atoms with Crippen LogP contribution in [-0.4, -0.2) is 14.4 Å². The van der Waals surface area contributed by atoms with Gasteiger partial charge in [0.15, 0.2) is 17.3 Å². The van der Waals surface area contributed by atoms with Crippen LogP contribution in [0.5, 0.6) is 0 Å². The summed E-state index contributed by atoms with van der Waals surface area (Å²) in [6.45, 7) is 3.61. The zero-order chi connectivity index (χ0) is 21.5. The molecule has 3 aromatic heterocycles. The van der Waals surface area contributed by atoms with Crippen molar-refractivity contribution in [3.63, 3.8) is 0 Å². The van der Waals surface area contributed by atoms with Crippen molar-refractivity contribution < 1.29 is 13.2 Å². The Hall–Kier alpha value is -4.00. The zero-order valence-corrected chi connectivity index (χ0v) is 16.9. The molecule has 0 saturated carbocycles. The number of rotatable bonds is 4. The van der Waals surface area contributed by atoms with Crippen LogP contribution in [-0.2, 0) is 0 Å². The summed E-state index contributed by atoms with van der Waals surface area (Å²) in [7, 11) is 0. The topological polar surface area (TPSA) is 55.4 Å². The lowest BCUT2D eigenvalue weighted by Gasteiger charge is -2.08. The van der Waals surface area contributed by atoms with Gasteiger partial charge in [0.05, 0.1) is 17.6 Å². The largest absolute Gasteiger partial charge is 0.441 e. The maximum absolute atomic E-state index is 14.3. The van der Waals surface area contributed by atoms with Gasteiger partial charge >= 0.3 is 0 Å². The molecule has 0 saturated heterocycles. The average molecular weight is 416 g/mol. The first-order valence-electron chi connectivity index (χ1n) is 9.71. The molecule has 0 aliphatic heterocycles. The number of halogens is 2. The Bertz CT molecular complexity index is 1400. The minimum Gasteiger partial charge on any atom is -0.441 e. The lowest BCUT2D eigenvalue weighted by molar-refractivity contribution is 0.534. The third-order valence-corrected chi connectivity index (χ3v) is 5.05. The molecular formula is C24H18F2N4O. The first-order valence-corrected chi connectivity index (χ1v) is 9.71. The Morgan fingerprint density at radius 3 is 2.45 bits per heavy atom. The minimum absolute atomic E-state index is 0.303. The maximum Gasteiger partial charge on any atom is 0.191 e. The van der Waals surface area contributed by atoms with Gasteiger partial charge in [-0.1, -0.05) is 0 Å². The molecule has 0 bridgehead atoms. The molecule has 0 unspecified atom stereocenters. The molecule has 5 aromatic rings. The molecule has 5 rings (SSSR count). The van der Waals surface area contributed by atoms with Crippen LogP contribution in [0.25, 0.3) is 28.2 Å². The van der Waals surface area contributed by atoms with E-state index in [1.54, 1.807) is 29.8 Å². The summed E-state index contributed by atoms with van der Waals surface area (Å²) in [5, 5.41) is 3.23. The normalized spacial score (nSPS) is 11.2. The molecule has 0 fully saturated rings. The molecule has 0 amide bonds. The highest BCUT2D eigenvalue weighted by Crippen LogP contribution is 2.29. The predicted octanol–water partition coefficient (Wildman–Crippen LogP) is 6.29. The number of imidazole rings is 1. The molecule has 0 radical (unpaired) electrons. The molecule has 154 valence electrons. The molecule has 31 heavy (non-hydrogen) atoms. The average Bonchev–Trinajstić information content (AvgIpc) is 3.35. The Morgan fingerprint density at radius 2 is 1.74 bits per heavy atom. The highest BCUT2D eigenvalue weighted by molar-refractivity contribution is 5.78. The fourth-order valence-electron chi connectivity index (χ4n) is 3.57. The van der Waals surface area contributed by atoms with Gasteiger partial charge in [0, 0.05) is 42.2 Å². The van der Waals surface area contributed by atoms with Crippen molar-refractivity contribution in [1.29, 1.82) is 0 Å². The lowest BCUT2D eigenvalue weighted by atomic mass is 10.1. The molecule has 0 aliphatic rings. The molecule has 0 aliphatic carbocycles. The fraction of sp³-hybridized carbons (Fsp3) is 0.0833. The van der Waals surface area contributed by atoms with E-state index in [0.717, 1.165) is 22.4 Å². The summed E-state index contributed by atoms with van der Waals surface area (Å²) in [6.07, 6.45) is 4.78. The smallest absolute Gasteiger partial charge is 0.191 e. The second kappa shape index (κ2) is 7.36.